The summed E-state index contributed by atoms with van der Waals surface area (Å²) in [6.07, 6.45) is 0. The molecule has 1 atom stereocenters. The maximum atomic E-state index is 13.0. The highest BCUT2D eigenvalue weighted by atomic mass is 35.5. The summed E-state index contributed by atoms with van der Waals surface area (Å²) in [5.41, 5.74) is 2.48. The number of nitrogens with one attached hydrogen (secondary N) is 2. The number of anilines is 2. The molecule has 27 heavy (non-hydrogen) atoms. The van der Waals surface area contributed by atoms with Crippen LogP contribution >= 0.6 is 23.2 Å². The number of amides is 1. The molecule has 6 heteroatoms. The van der Waals surface area contributed by atoms with Gasteiger partial charge < -0.3 is 10.6 Å². The molecule has 2 N–H and O–H groups in total. The predicted octanol–water partition coefficient (Wildman–Crippen LogP) is 5.66. The van der Waals surface area contributed by atoms with Gasteiger partial charge in [-0.1, -0.05) is 59.6 Å². The van der Waals surface area contributed by atoms with Crippen molar-refractivity contribution in [2.45, 2.75) is 6.04 Å². The molecule has 3 rings (SSSR count). The van der Waals surface area contributed by atoms with E-state index in [9.17, 15) is 4.79 Å². The molecule has 0 aliphatic heterocycles. The Kier molecular flexibility index (Phi) is 5.97. The zero-order valence-corrected chi connectivity index (χ0v) is 15.6. The van der Waals surface area contributed by atoms with Gasteiger partial charge in [0.1, 0.15) is 6.04 Å². The van der Waals surface area contributed by atoms with Crippen LogP contribution in [0, 0.1) is 11.3 Å². The van der Waals surface area contributed by atoms with Crippen LogP contribution in [0.25, 0.3) is 0 Å². The van der Waals surface area contributed by atoms with Crippen molar-refractivity contribution in [3.05, 3.63) is 94.0 Å². The van der Waals surface area contributed by atoms with Crippen molar-refractivity contribution in [1.29, 1.82) is 5.26 Å². The van der Waals surface area contributed by atoms with E-state index in [4.69, 9.17) is 28.5 Å². The first-order valence-corrected chi connectivity index (χ1v) is 8.90. The monoisotopic (exact) mass is 395 g/mol. The summed E-state index contributed by atoms with van der Waals surface area (Å²) >= 11 is 12.1. The summed E-state index contributed by atoms with van der Waals surface area (Å²) in [4.78, 5) is 13.0. The standard InChI is InChI=1S/C21H15Cl2N3O/c22-18-10-9-17(12-19(18)23)25-20(15-6-2-1-3-7-15)21(27)26-16-8-4-5-14(11-16)13-24/h1-12,20,25H,(H,26,27). The zero-order chi connectivity index (χ0) is 19.2. The normalized spacial score (nSPS) is 11.3. The van der Waals surface area contributed by atoms with Gasteiger partial charge in [0.15, 0.2) is 0 Å². The highest BCUT2D eigenvalue weighted by Crippen LogP contribution is 2.28. The maximum Gasteiger partial charge on any atom is 0.251 e. The number of nitrogens with zero attached hydrogens (tertiary/aromatic N) is 1. The summed E-state index contributed by atoms with van der Waals surface area (Å²) in [6.45, 7) is 0. The molecule has 0 aliphatic rings. The molecule has 0 saturated carbocycles. The van der Waals surface area contributed by atoms with E-state index in [2.05, 4.69) is 16.7 Å². The Labute approximate surface area is 167 Å². The van der Waals surface area contributed by atoms with Gasteiger partial charge in [-0.3, -0.25) is 4.79 Å². The molecule has 3 aromatic carbocycles. The van der Waals surface area contributed by atoms with E-state index in [-0.39, 0.29) is 5.91 Å². The van der Waals surface area contributed by atoms with Crippen LogP contribution in [0.15, 0.2) is 72.8 Å². The molecule has 0 spiro atoms. The zero-order valence-electron chi connectivity index (χ0n) is 14.1. The van der Waals surface area contributed by atoms with Crippen LogP contribution in [0.3, 0.4) is 0 Å². The number of rotatable bonds is 5. The Balaban J connectivity index is 1.88. The second-order valence-electron chi connectivity index (χ2n) is 5.80. The van der Waals surface area contributed by atoms with E-state index in [0.29, 0.717) is 27.0 Å². The number of halogens is 2. The SMILES string of the molecule is N#Cc1cccc(NC(=O)C(Nc2ccc(Cl)c(Cl)c2)c2ccccc2)c1. The molecule has 0 heterocycles. The molecule has 1 amide bonds. The molecular weight excluding hydrogens is 381 g/mol. The molecule has 0 bridgehead atoms. The summed E-state index contributed by atoms with van der Waals surface area (Å²) in [6, 6.07) is 22.6. The van der Waals surface area contributed by atoms with Gasteiger partial charge in [-0.05, 0) is 42.0 Å². The van der Waals surface area contributed by atoms with E-state index in [1.165, 1.54) is 0 Å². The smallest absolute Gasteiger partial charge is 0.251 e. The number of hydrogen-bond donors (Lipinski definition) is 2. The minimum absolute atomic E-state index is 0.262. The second kappa shape index (κ2) is 8.59. The molecule has 1 unspecified atom stereocenters. The van der Waals surface area contributed by atoms with Gasteiger partial charge in [0.05, 0.1) is 21.7 Å². The van der Waals surface area contributed by atoms with Gasteiger partial charge in [0, 0.05) is 11.4 Å². The largest absolute Gasteiger partial charge is 0.370 e. The number of carbonyl (C=O) groups excluding carboxylic acids is 1. The lowest BCUT2D eigenvalue weighted by molar-refractivity contribution is -0.117. The van der Waals surface area contributed by atoms with Crippen molar-refractivity contribution in [2.24, 2.45) is 0 Å². The maximum absolute atomic E-state index is 13.0. The average Bonchev–Trinajstić information content (AvgIpc) is 2.69. The molecule has 4 nitrogen and oxygen atoms in total. The lowest BCUT2D eigenvalue weighted by Crippen LogP contribution is -2.27. The van der Waals surface area contributed by atoms with Crippen molar-refractivity contribution in [1.82, 2.24) is 0 Å². The van der Waals surface area contributed by atoms with Crippen molar-refractivity contribution < 1.29 is 4.79 Å². The van der Waals surface area contributed by atoms with Crippen LogP contribution in [0.5, 0.6) is 0 Å². The lowest BCUT2D eigenvalue weighted by Gasteiger charge is -2.20. The Morgan fingerprint density at radius 2 is 1.67 bits per heavy atom. The summed E-state index contributed by atoms with van der Waals surface area (Å²) in [7, 11) is 0. The quantitative estimate of drug-likeness (QED) is 0.585. The minimum Gasteiger partial charge on any atom is -0.370 e. The first-order chi connectivity index (χ1) is 13.1. The third-order valence-electron chi connectivity index (χ3n) is 3.88. The van der Waals surface area contributed by atoms with Crippen LogP contribution in [0.2, 0.25) is 10.0 Å². The summed E-state index contributed by atoms with van der Waals surface area (Å²) in [5.74, 6) is -0.262. The van der Waals surface area contributed by atoms with Gasteiger partial charge >= 0.3 is 0 Å². The Bertz CT molecular complexity index is 1000. The minimum atomic E-state index is -0.658. The first-order valence-electron chi connectivity index (χ1n) is 8.14. The Hall–Kier alpha value is -3.00. The van der Waals surface area contributed by atoms with E-state index >= 15 is 0 Å². The van der Waals surface area contributed by atoms with Crippen LogP contribution in [-0.2, 0) is 4.79 Å². The van der Waals surface area contributed by atoms with Crippen molar-refractivity contribution >= 4 is 40.5 Å². The topological polar surface area (TPSA) is 64.9 Å². The number of benzene rings is 3. The van der Waals surface area contributed by atoms with Crippen LogP contribution in [0.4, 0.5) is 11.4 Å². The van der Waals surface area contributed by atoms with E-state index < -0.39 is 6.04 Å². The molecular formula is C21H15Cl2N3O. The summed E-state index contributed by atoms with van der Waals surface area (Å²) < 4.78 is 0. The lowest BCUT2D eigenvalue weighted by atomic mass is 10.1. The second-order valence-corrected chi connectivity index (χ2v) is 6.61. The molecule has 0 aromatic heterocycles. The first kappa shape index (κ1) is 18.8. The van der Waals surface area contributed by atoms with E-state index in [1.807, 2.05) is 30.3 Å². The fourth-order valence-electron chi connectivity index (χ4n) is 2.58. The Morgan fingerprint density at radius 3 is 2.37 bits per heavy atom. The molecule has 0 fully saturated rings. The van der Waals surface area contributed by atoms with Gasteiger partial charge in [-0.15, -0.1) is 0 Å². The van der Waals surface area contributed by atoms with Gasteiger partial charge in [0.25, 0.3) is 5.91 Å². The third kappa shape index (κ3) is 4.79. The summed E-state index contributed by atoms with van der Waals surface area (Å²) in [5, 5.41) is 15.9. The van der Waals surface area contributed by atoms with Gasteiger partial charge in [-0.25, -0.2) is 0 Å². The van der Waals surface area contributed by atoms with E-state index in [0.717, 1.165) is 5.56 Å². The molecule has 0 saturated heterocycles. The fourth-order valence-corrected chi connectivity index (χ4v) is 2.88. The van der Waals surface area contributed by atoms with Crippen molar-refractivity contribution in [3.63, 3.8) is 0 Å². The fraction of sp³-hybridized carbons (Fsp3) is 0.0476. The highest BCUT2D eigenvalue weighted by molar-refractivity contribution is 6.42. The van der Waals surface area contributed by atoms with Gasteiger partial charge in [-0.2, -0.15) is 5.26 Å². The average molecular weight is 396 g/mol. The van der Waals surface area contributed by atoms with Crippen molar-refractivity contribution in [3.8, 4) is 6.07 Å². The van der Waals surface area contributed by atoms with Gasteiger partial charge in [0.2, 0.25) is 0 Å². The number of carbonyl (C=O) groups is 1. The predicted molar refractivity (Wildman–Crippen MR) is 109 cm³/mol. The van der Waals surface area contributed by atoms with Crippen LogP contribution < -0.4 is 10.6 Å². The van der Waals surface area contributed by atoms with Crippen molar-refractivity contribution in [2.75, 3.05) is 10.6 Å². The number of nitriles is 1. The van der Waals surface area contributed by atoms with Crippen LogP contribution in [0.1, 0.15) is 17.2 Å². The molecule has 0 radical (unpaired) electrons. The number of hydrogen-bond acceptors (Lipinski definition) is 3. The molecule has 0 aliphatic carbocycles. The molecule has 134 valence electrons. The van der Waals surface area contributed by atoms with Crippen LogP contribution in [-0.4, -0.2) is 5.91 Å². The third-order valence-corrected chi connectivity index (χ3v) is 4.62. The Morgan fingerprint density at radius 1 is 0.889 bits per heavy atom. The highest BCUT2D eigenvalue weighted by Gasteiger charge is 2.21. The van der Waals surface area contributed by atoms with E-state index in [1.54, 1.807) is 42.5 Å². The molecule has 3 aromatic rings.